The van der Waals surface area contributed by atoms with E-state index in [-0.39, 0.29) is 30.1 Å². The molecule has 2 aromatic carbocycles. The molecule has 4 rings (SSSR count). The van der Waals surface area contributed by atoms with Crippen molar-refractivity contribution >= 4 is 23.2 Å². The van der Waals surface area contributed by atoms with Crippen LogP contribution in [0.1, 0.15) is 64.4 Å². The molecular weight excluding hydrogens is 419 g/mol. The van der Waals surface area contributed by atoms with Gasteiger partial charge in [0, 0.05) is 17.2 Å². The molecule has 1 atom stereocenters. The highest BCUT2D eigenvalue weighted by Crippen LogP contribution is 2.38. The number of rotatable bonds is 7. The van der Waals surface area contributed by atoms with Crippen LogP contribution in [0.3, 0.4) is 0 Å². The monoisotopic (exact) mass is 452 g/mol. The standard InChI is InChI=1S/C27H33FN2O3/c1-3-4-7-19-10-12-20(13-11-19)26(31)29-22-14-15-25-24(16-22)30(27(32)18(2)33-25)17-21-8-5-6-9-23(21)28/h5-6,8-9,14-16,18-20H,3-4,7,10-13,17H2,1-2H3,(H,29,31). The SMILES string of the molecule is CCCCC1CCC(C(=O)Nc2ccc3c(c2)N(Cc2ccccc2F)C(=O)C(C)O3)CC1. The minimum atomic E-state index is -0.660. The summed E-state index contributed by atoms with van der Waals surface area (Å²) in [6, 6.07) is 11.8. The van der Waals surface area contributed by atoms with Gasteiger partial charge in [0.1, 0.15) is 11.6 Å². The summed E-state index contributed by atoms with van der Waals surface area (Å²) in [4.78, 5) is 27.3. The molecule has 0 aromatic heterocycles. The van der Waals surface area contributed by atoms with E-state index in [1.807, 2.05) is 0 Å². The van der Waals surface area contributed by atoms with Crippen LogP contribution in [0.2, 0.25) is 0 Å². The van der Waals surface area contributed by atoms with Gasteiger partial charge in [0.2, 0.25) is 5.91 Å². The van der Waals surface area contributed by atoms with Crippen molar-refractivity contribution in [1.29, 1.82) is 0 Å². The second-order valence-corrected chi connectivity index (χ2v) is 9.31. The molecular formula is C27H33FN2O3. The van der Waals surface area contributed by atoms with Gasteiger partial charge >= 0.3 is 0 Å². The highest BCUT2D eigenvalue weighted by atomic mass is 19.1. The number of hydrogen-bond donors (Lipinski definition) is 1. The molecule has 1 aliphatic carbocycles. The lowest BCUT2D eigenvalue weighted by atomic mass is 9.79. The highest BCUT2D eigenvalue weighted by molar-refractivity contribution is 6.01. The Kier molecular flexibility index (Phi) is 7.31. The minimum Gasteiger partial charge on any atom is -0.479 e. The third-order valence-electron chi connectivity index (χ3n) is 6.90. The Morgan fingerprint density at radius 3 is 2.64 bits per heavy atom. The van der Waals surface area contributed by atoms with Crippen LogP contribution in [0, 0.1) is 17.7 Å². The number of nitrogens with one attached hydrogen (secondary N) is 1. The van der Waals surface area contributed by atoms with E-state index in [0.29, 0.717) is 22.7 Å². The summed E-state index contributed by atoms with van der Waals surface area (Å²) in [6.07, 6.45) is 7.15. The largest absolute Gasteiger partial charge is 0.479 e. The van der Waals surface area contributed by atoms with Crippen molar-refractivity contribution in [3.05, 3.63) is 53.8 Å². The number of benzene rings is 2. The fraction of sp³-hybridized carbons (Fsp3) is 0.481. The van der Waals surface area contributed by atoms with E-state index in [2.05, 4.69) is 12.2 Å². The lowest BCUT2D eigenvalue weighted by Gasteiger charge is -2.33. The number of amides is 2. The van der Waals surface area contributed by atoms with E-state index in [9.17, 15) is 14.0 Å². The molecule has 1 N–H and O–H groups in total. The van der Waals surface area contributed by atoms with Crippen LogP contribution in [-0.4, -0.2) is 17.9 Å². The van der Waals surface area contributed by atoms with Gasteiger partial charge in [0.05, 0.1) is 12.2 Å². The highest BCUT2D eigenvalue weighted by Gasteiger charge is 2.33. The third kappa shape index (κ3) is 5.37. The fourth-order valence-corrected chi connectivity index (χ4v) is 4.90. The topological polar surface area (TPSA) is 58.6 Å². The zero-order chi connectivity index (χ0) is 23.4. The maximum atomic E-state index is 14.3. The van der Waals surface area contributed by atoms with E-state index >= 15 is 0 Å². The van der Waals surface area contributed by atoms with Crippen LogP contribution >= 0.6 is 0 Å². The van der Waals surface area contributed by atoms with Crippen molar-refractivity contribution in [3.63, 3.8) is 0 Å². The normalized spacial score (nSPS) is 22.5. The first-order valence-corrected chi connectivity index (χ1v) is 12.1. The predicted octanol–water partition coefficient (Wildman–Crippen LogP) is 6.07. The van der Waals surface area contributed by atoms with Crippen LogP contribution in [0.15, 0.2) is 42.5 Å². The van der Waals surface area contributed by atoms with Crippen LogP contribution in [0.4, 0.5) is 15.8 Å². The maximum absolute atomic E-state index is 14.3. The van der Waals surface area contributed by atoms with Gasteiger partial charge in [0.15, 0.2) is 6.10 Å². The minimum absolute atomic E-state index is 0.0198. The van der Waals surface area contributed by atoms with Crippen molar-refractivity contribution in [3.8, 4) is 5.75 Å². The molecule has 2 amide bonds. The Hall–Kier alpha value is -2.89. The summed E-state index contributed by atoms with van der Waals surface area (Å²) in [6.45, 7) is 4.01. The molecule has 176 valence electrons. The van der Waals surface area contributed by atoms with Gasteiger partial charge in [-0.25, -0.2) is 4.39 Å². The number of halogens is 1. The van der Waals surface area contributed by atoms with E-state index in [1.54, 1.807) is 43.3 Å². The van der Waals surface area contributed by atoms with Crippen LogP contribution in [0.5, 0.6) is 5.75 Å². The zero-order valence-electron chi connectivity index (χ0n) is 19.5. The number of carbonyl (C=O) groups excluding carboxylic acids is 2. The van der Waals surface area contributed by atoms with Crippen molar-refractivity contribution in [2.75, 3.05) is 10.2 Å². The third-order valence-corrected chi connectivity index (χ3v) is 6.90. The van der Waals surface area contributed by atoms with E-state index in [4.69, 9.17) is 4.74 Å². The number of ether oxygens (including phenoxy) is 1. The summed E-state index contributed by atoms with van der Waals surface area (Å²) in [5.41, 5.74) is 1.60. The van der Waals surface area contributed by atoms with Crippen LogP contribution in [0.25, 0.3) is 0 Å². The summed E-state index contributed by atoms with van der Waals surface area (Å²) >= 11 is 0. The Morgan fingerprint density at radius 1 is 1.15 bits per heavy atom. The molecule has 1 unspecified atom stereocenters. The summed E-state index contributed by atoms with van der Waals surface area (Å²) in [7, 11) is 0. The van der Waals surface area contributed by atoms with Crippen molar-refractivity contribution in [1.82, 2.24) is 0 Å². The summed E-state index contributed by atoms with van der Waals surface area (Å²) < 4.78 is 20.0. The van der Waals surface area contributed by atoms with E-state index in [0.717, 1.165) is 31.6 Å². The molecule has 2 aliphatic rings. The van der Waals surface area contributed by atoms with E-state index in [1.165, 1.54) is 30.2 Å². The number of unbranched alkanes of at least 4 members (excludes halogenated alkanes) is 1. The Bertz CT molecular complexity index is 1000. The quantitative estimate of drug-likeness (QED) is 0.554. The van der Waals surface area contributed by atoms with Crippen LogP contribution in [-0.2, 0) is 16.1 Å². The van der Waals surface area contributed by atoms with E-state index < -0.39 is 6.10 Å². The van der Waals surface area contributed by atoms with Gasteiger partial charge in [-0.15, -0.1) is 0 Å². The number of anilines is 2. The molecule has 33 heavy (non-hydrogen) atoms. The van der Waals surface area contributed by atoms with Gasteiger partial charge in [-0.05, 0) is 62.8 Å². The van der Waals surface area contributed by atoms with Crippen molar-refractivity contribution in [2.24, 2.45) is 11.8 Å². The molecule has 0 spiro atoms. The van der Waals surface area contributed by atoms with Gasteiger partial charge in [-0.1, -0.05) is 44.4 Å². The molecule has 0 saturated heterocycles. The number of carbonyl (C=O) groups is 2. The van der Waals surface area contributed by atoms with Gasteiger partial charge < -0.3 is 15.0 Å². The summed E-state index contributed by atoms with van der Waals surface area (Å²) in [5.74, 6) is 0.750. The number of nitrogens with zero attached hydrogens (tertiary/aromatic N) is 1. The lowest BCUT2D eigenvalue weighted by Crippen LogP contribution is -2.44. The second kappa shape index (κ2) is 10.4. The molecule has 1 fully saturated rings. The average molecular weight is 453 g/mol. The van der Waals surface area contributed by atoms with Gasteiger partial charge in [0.25, 0.3) is 5.91 Å². The zero-order valence-corrected chi connectivity index (χ0v) is 19.5. The van der Waals surface area contributed by atoms with Crippen molar-refractivity contribution in [2.45, 2.75) is 71.4 Å². The first-order chi connectivity index (χ1) is 16.0. The molecule has 0 bridgehead atoms. The Balaban J connectivity index is 1.47. The fourth-order valence-electron chi connectivity index (χ4n) is 4.90. The molecule has 0 radical (unpaired) electrons. The smallest absolute Gasteiger partial charge is 0.268 e. The molecule has 1 aliphatic heterocycles. The maximum Gasteiger partial charge on any atom is 0.268 e. The molecule has 5 nitrogen and oxygen atoms in total. The van der Waals surface area contributed by atoms with Gasteiger partial charge in [-0.2, -0.15) is 0 Å². The second-order valence-electron chi connectivity index (χ2n) is 9.31. The first-order valence-electron chi connectivity index (χ1n) is 12.1. The van der Waals surface area contributed by atoms with Gasteiger partial charge in [-0.3, -0.25) is 9.59 Å². The molecule has 1 saturated carbocycles. The van der Waals surface area contributed by atoms with Crippen molar-refractivity contribution < 1.29 is 18.7 Å². The molecule has 1 heterocycles. The van der Waals surface area contributed by atoms with Crippen LogP contribution < -0.4 is 15.0 Å². The predicted molar refractivity (Wildman–Crippen MR) is 128 cm³/mol. The average Bonchev–Trinajstić information content (AvgIpc) is 2.82. The Labute approximate surface area is 195 Å². The summed E-state index contributed by atoms with van der Waals surface area (Å²) in [5, 5.41) is 3.04. The molecule has 6 heteroatoms. The first kappa shape index (κ1) is 23.3. The molecule has 2 aromatic rings. The number of hydrogen-bond acceptors (Lipinski definition) is 3. The lowest BCUT2D eigenvalue weighted by molar-refractivity contribution is -0.125. The Morgan fingerprint density at radius 2 is 1.91 bits per heavy atom. The number of fused-ring (bicyclic) bond motifs is 1.